The molecule has 146 valence electrons. The summed E-state index contributed by atoms with van der Waals surface area (Å²) in [6.07, 6.45) is 4.20. The number of fused-ring (bicyclic) bond motifs is 1. The molecule has 2 heterocycles. The molecule has 0 saturated heterocycles. The second-order valence-electron chi connectivity index (χ2n) is 6.33. The molecule has 0 fully saturated rings. The second-order valence-corrected chi connectivity index (χ2v) is 7.41. The molecular weight excluding hydrogens is 394 g/mol. The van der Waals surface area contributed by atoms with E-state index in [1.807, 2.05) is 0 Å². The molecule has 0 atom stereocenters. The molecule has 8 heteroatoms. The molecule has 2 aromatic carbocycles. The largest absolute Gasteiger partial charge is 0.294 e. The predicted molar refractivity (Wildman–Crippen MR) is 107 cm³/mol. The van der Waals surface area contributed by atoms with Gasteiger partial charge >= 0.3 is 0 Å². The van der Waals surface area contributed by atoms with Gasteiger partial charge in [-0.1, -0.05) is 0 Å². The molecule has 5 nitrogen and oxygen atoms in total. The minimum absolute atomic E-state index is 0.0115. The molecule has 0 bridgehead atoms. The van der Waals surface area contributed by atoms with Gasteiger partial charge in [0, 0.05) is 12.0 Å². The van der Waals surface area contributed by atoms with E-state index >= 15 is 0 Å². The van der Waals surface area contributed by atoms with Gasteiger partial charge in [0.1, 0.15) is 23.0 Å². The normalized spacial score (nSPS) is 11.1. The lowest BCUT2D eigenvalue weighted by Crippen LogP contribution is -2.00. The van der Waals surface area contributed by atoms with Gasteiger partial charge in [0.2, 0.25) is 0 Å². The van der Waals surface area contributed by atoms with Crippen molar-refractivity contribution in [3.8, 4) is 5.69 Å². The fourth-order valence-corrected chi connectivity index (χ4v) is 3.79. The van der Waals surface area contributed by atoms with Gasteiger partial charge in [0.05, 0.1) is 17.3 Å². The first kappa shape index (κ1) is 19.2. The summed E-state index contributed by atoms with van der Waals surface area (Å²) in [5, 5.41) is 5.93. The van der Waals surface area contributed by atoms with Crippen molar-refractivity contribution in [3.05, 3.63) is 78.3 Å². The summed E-state index contributed by atoms with van der Waals surface area (Å²) in [4.78, 5) is 20.8. The number of hydrogen-bond acceptors (Lipinski definition) is 5. The van der Waals surface area contributed by atoms with Crippen molar-refractivity contribution in [2.75, 3.05) is 5.75 Å². The highest BCUT2D eigenvalue weighted by Gasteiger charge is 2.12. The lowest BCUT2D eigenvalue weighted by molar-refractivity contribution is 0.0982. The highest BCUT2D eigenvalue weighted by atomic mass is 32.2. The van der Waals surface area contributed by atoms with Crippen LogP contribution in [0, 0.1) is 11.6 Å². The van der Waals surface area contributed by atoms with E-state index in [1.54, 1.807) is 23.0 Å². The topological polar surface area (TPSA) is 60.7 Å². The Bertz CT molecular complexity index is 1140. The van der Waals surface area contributed by atoms with Gasteiger partial charge in [0.25, 0.3) is 0 Å². The average Bonchev–Trinajstić information content (AvgIpc) is 3.17. The molecule has 0 radical (unpaired) electrons. The molecule has 0 amide bonds. The van der Waals surface area contributed by atoms with E-state index in [0.29, 0.717) is 35.5 Å². The quantitative estimate of drug-likeness (QED) is 0.189. The minimum Gasteiger partial charge on any atom is -0.294 e. The summed E-state index contributed by atoms with van der Waals surface area (Å²) in [6, 6.07) is 11.6. The number of ketones is 1. The van der Waals surface area contributed by atoms with E-state index in [9.17, 15) is 13.6 Å². The van der Waals surface area contributed by atoms with Crippen LogP contribution in [0.25, 0.3) is 16.7 Å². The molecule has 0 aliphatic rings. The number of benzene rings is 2. The van der Waals surface area contributed by atoms with Crippen LogP contribution in [0.3, 0.4) is 0 Å². The van der Waals surface area contributed by atoms with E-state index in [-0.39, 0.29) is 17.4 Å². The van der Waals surface area contributed by atoms with Crippen LogP contribution in [-0.4, -0.2) is 31.3 Å². The number of hydrogen-bond donors (Lipinski definition) is 0. The zero-order valence-corrected chi connectivity index (χ0v) is 16.1. The van der Waals surface area contributed by atoms with Gasteiger partial charge in [-0.2, -0.15) is 5.10 Å². The fourth-order valence-electron chi connectivity index (χ4n) is 2.89. The van der Waals surface area contributed by atoms with Crippen molar-refractivity contribution in [1.82, 2.24) is 19.7 Å². The SMILES string of the molecule is O=C(CCCSc1ncnc2c1cnn2-c1ccc(F)cc1)c1ccc(F)cc1. The summed E-state index contributed by atoms with van der Waals surface area (Å²) in [7, 11) is 0. The van der Waals surface area contributed by atoms with Crippen LogP contribution in [0.1, 0.15) is 23.2 Å². The molecule has 0 aliphatic heterocycles. The van der Waals surface area contributed by atoms with E-state index in [2.05, 4.69) is 15.1 Å². The third kappa shape index (κ3) is 4.32. The Morgan fingerprint density at radius 3 is 2.38 bits per heavy atom. The van der Waals surface area contributed by atoms with Crippen molar-refractivity contribution in [3.63, 3.8) is 0 Å². The predicted octanol–water partition coefficient (Wildman–Crippen LogP) is 4.85. The standard InChI is InChI=1S/C21H16F2N4OS/c22-15-5-3-14(4-6-15)19(28)2-1-11-29-21-18-12-26-27(20(18)24-13-25-21)17-9-7-16(23)8-10-17/h3-10,12-13H,1-2,11H2. The van der Waals surface area contributed by atoms with Crippen molar-refractivity contribution in [2.24, 2.45) is 0 Å². The Balaban J connectivity index is 1.41. The van der Waals surface area contributed by atoms with Crippen molar-refractivity contribution < 1.29 is 13.6 Å². The molecule has 2 aromatic heterocycles. The summed E-state index contributed by atoms with van der Waals surface area (Å²) in [5.74, 6) is 0.0146. The first-order chi connectivity index (χ1) is 14.1. The Labute approximate surface area is 169 Å². The van der Waals surface area contributed by atoms with Crippen LogP contribution in [0.2, 0.25) is 0 Å². The first-order valence-electron chi connectivity index (χ1n) is 8.98. The molecule has 0 unspecified atom stereocenters. The lowest BCUT2D eigenvalue weighted by atomic mass is 10.1. The Hall–Kier alpha value is -3.13. The van der Waals surface area contributed by atoms with Crippen molar-refractivity contribution in [2.45, 2.75) is 17.9 Å². The highest BCUT2D eigenvalue weighted by Crippen LogP contribution is 2.26. The zero-order chi connectivity index (χ0) is 20.2. The van der Waals surface area contributed by atoms with Crippen molar-refractivity contribution in [1.29, 1.82) is 0 Å². The van der Waals surface area contributed by atoms with Crippen LogP contribution in [0.15, 0.2) is 66.1 Å². The maximum Gasteiger partial charge on any atom is 0.167 e. The zero-order valence-electron chi connectivity index (χ0n) is 15.3. The monoisotopic (exact) mass is 410 g/mol. The maximum absolute atomic E-state index is 13.2. The van der Waals surface area contributed by atoms with E-state index in [4.69, 9.17) is 0 Å². The number of thioether (sulfide) groups is 1. The van der Waals surface area contributed by atoms with Gasteiger partial charge in [-0.3, -0.25) is 4.79 Å². The maximum atomic E-state index is 13.2. The molecular formula is C21H16F2N4OS. The molecule has 0 aliphatic carbocycles. The van der Waals surface area contributed by atoms with Gasteiger partial charge in [-0.05, 0) is 60.7 Å². The van der Waals surface area contributed by atoms with Crippen LogP contribution >= 0.6 is 11.8 Å². The van der Waals surface area contributed by atoms with Crippen LogP contribution in [0.5, 0.6) is 0 Å². The second kappa shape index (κ2) is 8.48. The molecule has 0 saturated carbocycles. The Morgan fingerprint density at radius 1 is 0.966 bits per heavy atom. The summed E-state index contributed by atoms with van der Waals surface area (Å²) < 4.78 is 27.8. The van der Waals surface area contributed by atoms with Crippen LogP contribution < -0.4 is 0 Å². The molecule has 29 heavy (non-hydrogen) atoms. The number of carbonyl (C=O) groups is 1. The number of aromatic nitrogens is 4. The fraction of sp³-hybridized carbons (Fsp3) is 0.143. The van der Waals surface area contributed by atoms with Crippen molar-refractivity contribution >= 4 is 28.6 Å². The van der Waals surface area contributed by atoms with E-state index < -0.39 is 0 Å². The lowest BCUT2D eigenvalue weighted by Gasteiger charge is -2.04. The number of rotatable bonds is 7. The summed E-state index contributed by atoms with van der Waals surface area (Å²) in [5.41, 5.74) is 1.86. The Kier molecular flexibility index (Phi) is 5.62. The summed E-state index contributed by atoms with van der Waals surface area (Å²) >= 11 is 1.52. The first-order valence-corrected chi connectivity index (χ1v) is 9.96. The molecule has 4 aromatic rings. The number of carbonyl (C=O) groups excluding carboxylic acids is 1. The van der Waals surface area contributed by atoms with Gasteiger partial charge in [-0.25, -0.2) is 23.4 Å². The number of halogens is 2. The summed E-state index contributed by atoms with van der Waals surface area (Å²) in [6.45, 7) is 0. The van der Waals surface area contributed by atoms with Gasteiger partial charge < -0.3 is 0 Å². The molecule has 0 N–H and O–H groups in total. The van der Waals surface area contributed by atoms with E-state index in [1.165, 1.54) is 54.5 Å². The minimum atomic E-state index is -0.355. The van der Waals surface area contributed by atoms with Gasteiger partial charge in [0.15, 0.2) is 11.4 Å². The highest BCUT2D eigenvalue weighted by molar-refractivity contribution is 7.99. The van der Waals surface area contributed by atoms with Gasteiger partial charge in [-0.15, -0.1) is 11.8 Å². The average molecular weight is 410 g/mol. The Morgan fingerprint density at radius 2 is 1.66 bits per heavy atom. The van der Waals surface area contributed by atoms with Crippen LogP contribution in [-0.2, 0) is 0 Å². The third-order valence-corrected chi connectivity index (χ3v) is 5.45. The molecule has 4 rings (SSSR count). The number of Topliss-reactive ketones (excluding diaryl/α,β-unsaturated/α-hetero) is 1. The smallest absolute Gasteiger partial charge is 0.167 e. The van der Waals surface area contributed by atoms with E-state index in [0.717, 1.165) is 10.4 Å². The third-order valence-electron chi connectivity index (χ3n) is 4.35. The molecule has 0 spiro atoms. The number of nitrogens with zero attached hydrogens (tertiary/aromatic N) is 4. The van der Waals surface area contributed by atoms with Crippen LogP contribution in [0.4, 0.5) is 8.78 Å².